The van der Waals surface area contributed by atoms with Crippen LogP contribution in [-0.4, -0.2) is 26.6 Å². The van der Waals surface area contributed by atoms with Crippen LogP contribution in [0.4, 0.5) is 11.4 Å². The molecule has 0 aliphatic rings. The zero-order valence-electron chi connectivity index (χ0n) is 17.1. The van der Waals surface area contributed by atoms with Gasteiger partial charge in [0.1, 0.15) is 6.04 Å². The number of nitrogens with one attached hydrogen (secondary N) is 1. The molecule has 28 heavy (non-hydrogen) atoms. The summed E-state index contributed by atoms with van der Waals surface area (Å²) in [6.45, 7) is 5.90. The second-order valence-corrected chi connectivity index (χ2v) is 8.97. The van der Waals surface area contributed by atoms with Crippen LogP contribution in [0.5, 0.6) is 0 Å². The van der Waals surface area contributed by atoms with E-state index in [1.165, 1.54) is 9.87 Å². The Morgan fingerprint density at radius 1 is 1.04 bits per heavy atom. The first-order valence-corrected chi connectivity index (χ1v) is 11.6. The van der Waals surface area contributed by atoms with Crippen molar-refractivity contribution in [1.82, 2.24) is 0 Å². The molecule has 0 aromatic heterocycles. The van der Waals surface area contributed by atoms with Crippen molar-refractivity contribution in [1.29, 1.82) is 0 Å². The second-order valence-electron chi connectivity index (χ2n) is 7.11. The van der Waals surface area contributed by atoms with Crippen LogP contribution in [0.25, 0.3) is 0 Å². The van der Waals surface area contributed by atoms with E-state index < -0.39 is 16.1 Å². The molecular formula is C22H30N2O3S. The number of carbonyl (C=O) groups excluding carboxylic acids is 1. The molecule has 2 aromatic rings. The Morgan fingerprint density at radius 3 is 2.14 bits per heavy atom. The quantitative estimate of drug-likeness (QED) is 0.670. The van der Waals surface area contributed by atoms with E-state index in [2.05, 4.69) is 12.2 Å². The average molecular weight is 403 g/mol. The van der Waals surface area contributed by atoms with Gasteiger partial charge in [0.15, 0.2) is 0 Å². The van der Waals surface area contributed by atoms with Crippen molar-refractivity contribution >= 4 is 27.3 Å². The topological polar surface area (TPSA) is 66.5 Å². The smallest absolute Gasteiger partial charge is 0.248 e. The van der Waals surface area contributed by atoms with Crippen LogP contribution in [0.2, 0.25) is 0 Å². The highest BCUT2D eigenvalue weighted by Gasteiger charge is 2.31. The zero-order valence-corrected chi connectivity index (χ0v) is 17.9. The van der Waals surface area contributed by atoms with Crippen LogP contribution in [0.1, 0.15) is 44.2 Å². The molecule has 0 fully saturated rings. The molecule has 6 heteroatoms. The first kappa shape index (κ1) is 22.0. The highest BCUT2D eigenvalue weighted by Crippen LogP contribution is 2.24. The van der Waals surface area contributed by atoms with Gasteiger partial charge >= 0.3 is 0 Å². The minimum absolute atomic E-state index is 0.338. The molecule has 0 saturated carbocycles. The van der Waals surface area contributed by atoms with Gasteiger partial charge in [-0.2, -0.15) is 0 Å². The molecule has 0 spiro atoms. The lowest BCUT2D eigenvalue weighted by atomic mass is 10.1. The summed E-state index contributed by atoms with van der Waals surface area (Å²) < 4.78 is 26.1. The summed E-state index contributed by atoms with van der Waals surface area (Å²) in [5.41, 5.74) is 3.41. The van der Waals surface area contributed by atoms with Crippen molar-refractivity contribution in [3.05, 3.63) is 59.7 Å². The number of unbranched alkanes of at least 4 members (excludes halogenated alkanes) is 1. The maximum absolute atomic E-state index is 12.9. The number of carbonyl (C=O) groups is 1. The number of hydrogen-bond donors (Lipinski definition) is 1. The predicted octanol–water partition coefficient (Wildman–Crippen LogP) is 4.52. The SMILES string of the molecule is CCCCc1ccc(NC(=O)C(CC)N(c2ccc(C)cc2)S(C)(=O)=O)cc1. The third-order valence-corrected chi connectivity index (χ3v) is 5.84. The summed E-state index contributed by atoms with van der Waals surface area (Å²) in [7, 11) is -3.62. The maximum Gasteiger partial charge on any atom is 0.248 e. The minimum Gasteiger partial charge on any atom is -0.324 e. The van der Waals surface area contributed by atoms with E-state index in [0.717, 1.165) is 31.1 Å². The lowest BCUT2D eigenvalue weighted by molar-refractivity contribution is -0.117. The Hall–Kier alpha value is -2.34. The summed E-state index contributed by atoms with van der Waals surface area (Å²) in [5, 5.41) is 2.86. The van der Waals surface area contributed by atoms with Crippen LogP contribution in [0, 0.1) is 6.92 Å². The standard InChI is InChI=1S/C22H30N2O3S/c1-5-7-8-18-11-13-19(14-12-18)23-22(25)21(6-2)24(28(4,26)27)20-15-9-17(3)10-16-20/h9-16,21H,5-8H2,1-4H3,(H,23,25). The normalized spacial score (nSPS) is 12.4. The summed E-state index contributed by atoms with van der Waals surface area (Å²) in [6.07, 6.45) is 4.77. The molecule has 1 unspecified atom stereocenters. The predicted molar refractivity (Wildman–Crippen MR) is 116 cm³/mol. The molecular weight excluding hydrogens is 372 g/mol. The van der Waals surface area contributed by atoms with Gasteiger partial charge in [-0.1, -0.05) is 50.1 Å². The van der Waals surface area contributed by atoms with E-state index >= 15 is 0 Å². The van der Waals surface area contributed by atoms with E-state index in [-0.39, 0.29) is 5.91 Å². The van der Waals surface area contributed by atoms with Crippen molar-refractivity contribution < 1.29 is 13.2 Å². The van der Waals surface area contributed by atoms with Gasteiger partial charge in [-0.25, -0.2) is 8.42 Å². The number of nitrogens with zero attached hydrogens (tertiary/aromatic N) is 1. The zero-order chi connectivity index (χ0) is 20.7. The maximum atomic E-state index is 12.9. The van der Waals surface area contributed by atoms with Gasteiger partial charge in [-0.15, -0.1) is 0 Å². The van der Waals surface area contributed by atoms with E-state index in [9.17, 15) is 13.2 Å². The summed E-state index contributed by atoms with van der Waals surface area (Å²) in [6, 6.07) is 14.1. The molecule has 2 aromatic carbocycles. The molecule has 1 atom stereocenters. The van der Waals surface area contributed by atoms with Gasteiger partial charge in [0, 0.05) is 5.69 Å². The van der Waals surface area contributed by atoms with Gasteiger partial charge in [0.2, 0.25) is 15.9 Å². The Bertz CT molecular complexity index is 875. The van der Waals surface area contributed by atoms with E-state index in [1.54, 1.807) is 12.1 Å². The molecule has 1 N–H and O–H groups in total. The lowest BCUT2D eigenvalue weighted by Crippen LogP contribution is -2.47. The molecule has 0 bridgehead atoms. The first-order valence-electron chi connectivity index (χ1n) is 9.72. The Labute approximate surface area is 168 Å². The molecule has 0 radical (unpaired) electrons. The molecule has 0 saturated heterocycles. The fraction of sp³-hybridized carbons (Fsp3) is 0.409. The second kappa shape index (κ2) is 9.73. The first-order chi connectivity index (χ1) is 13.3. The number of hydrogen-bond acceptors (Lipinski definition) is 3. The Kier molecular flexibility index (Phi) is 7.63. The minimum atomic E-state index is -3.62. The van der Waals surface area contributed by atoms with Crippen molar-refractivity contribution in [2.45, 2.75) is 52.5 Å². The van der Waals surface area contributed by atoms with Crippen LogP contribution in [0.15, 0.2) is 48.5 Å². The summed E-state index contributed by atoms with van der Waals surface area (Å²) in [5.74, 6) is -0.338. The number of aryl methyl sites for hydroxylation is 2. The van der Waals surface area contributed by atoms with Crippen LogP contribution >= 0.6 is 0 Å². The van der Waals surface area contributed by atoms with Crippen molar-refractivity contribution in [3.8, 4) is 0 Å². The van der Waals surface area contributed by atoms with Gasteiger partial charge in [0.05, 0.1) is 11.9 Å². The van der Waals surface area contributed by atoms with Gasteiger partial charge < -0.3 is 5.32 Å². The molecule has 0 aliphatic heterocycles. The van der Waals surface area contributed by atoms with E-state index in [4.69, 9.17) is 0 Å². The van der Waals surface area contributed by atoms with Crippen molar-refractivity contribution in [3.63, 3.8) is 0 Å². The van der Waals surface area contributed by atoms with E-state index in [1.807, 2.05) is 50.2 Å². The van der Waals surface area contributed by atoms with Crippen molar-refractivity contribution in [2.24, 2.45) is 0 Å². The van der Waals surface area contributed by atoms with Gasteiger partial charge in [-0.3, -0.25) is 9.10 Å². The van der Waals surface area contributed by atoms with Crippen LogP contribution in [0.3, 0.4) is 0 Å². The number of benzene rings is 2. The van der Waals surface area contributed by atoms with Crippen LogP contribution < -0.4 is 9.62 Å². The molecule has 1 amide bonds. The Morgan fingerprint density at radius 2 is 1.64 bits per heavy atom. The third-order valence-electron chi connectivity index (χ3n) is 4.66. The lowest BCUT2D eigenvalue weighted by Gasteiger charge is -2.30. The molecule has 2 rings (SSSR count). The summed E-state index contributed by atoms with van der Waals surface area (Å²) in [4.78, 5) is 12.9. The molecule has 0 aliphatic carbocycles. The number of sulfonamides is 1. The Balaban J connectivity index is 2.23. The highest BCUT2D eigenvalue weighted by atomic mass is 32.2. The fourth-order valence-corrected chi connectivity index (χ4v) is 4.32. The van der Waals surface area contributed by atoms with Gasteiger partial charge in [0.25, 0.3) is 0 Å². The largest absolute Gasteiger partial charge is 0.324 e. The number of anilines is 2. The molecule has 5 nitrogen and oxygen atoms in total. The number of amides is 1. The van der Waals surface area contributed by atoms with Crippen molar-refractivity contribution in [2.75, 3.05) is 15.9 Å². The molecule has 152 valence electrons. The average Bonchev–Trinajstić information content (AvgIpc) is 2.65. The van der Waals surface area contributed by atoms with Crippen LogP contribution in [-0.2, 0) is 21.2 Å². The molecule has 0 heterocycles. The fourth-order valence-electron chi connectivity index (χ4n) is 3.11. The third kappa shape index (κ3) is 5.83. The summed E-state index contributed by atoms with van der Waals surface area (Å²) >= 11 is 0. The van der Waals surface area contributed by atoms with Gasteiger partial charge in [-0.05, 0) is 56.0 Å². The number of rotatable bonds is 9. The highest BCUT2D eigenvalue weighted by molar-refractivity contribution is 7.92. The van der Waals surface area contributed by atoms with E-state index in [0.29, 0.717) is 17.8 Å². The monoisotopic (exact) mass is 402 g/mol.